The fourth-order valence-electron chi connectivity index (χ4n) is 5.52. The number of carbonyl (C=O) groups excluding carboxylic acids is 4. The first-order valence-electron chi connectivity index (χ1n) is 11.5. The Morgan fingerprint density at radius 3 is 2.25 bits per heavy atom. The summed E-state index contributed by atoms with van der Waals surface area (Å²) in [7, 11) is 1.20. The van der Waals surface area contributed by atoms with Crippen molar-refractivity contribution in [3.05, 3.63) is 101 Å². The van der Waals surface area contributed by atoms with Gasteiger partial charge in [0.15, 0.2) is 0 Å². The van der Waals surface area contributed by atoms with Crippen LogP contribution in [0.25, 0.3) is 10.9 Å². The summed E-state index contributed by atoms with van der Waals surface area (Å²) in [6.45, 7) is 0. The third-order valence-electron chi connectivity index (χ3n) is 7.18. The Morgan fingerprint density at radius 1 is 0.889 bits per heavy atom. The summed E-state index contributed by atoms with van der Waals surface area (Å²) in [4.78, 5) is 58.0. The monoisotopic (exact) mass is 479 g/mol. The number of para-hydroxylation sites is 2. The van der Waals surface area contributed by atoms with Gasteiger partial charge in [0.05, 0.1) is 18.2 Å². The van der Waals surface area contributed by atoms with Crippen LogP contribution < -0.4 is 5.32 Å². The highest BCUT2D eigenvalue weighted by Gasteiger charge is 2.55. The quantitative estimate of drug-likeness (QED) is 0.336. The number of nitrogens with zero attached hydrogens (tertiary/aromatic N) is 1. The van der Waals surface area contributed by atoms with Crippen LogP contribution >= 0.6 is 0 Å². The van der Waals surface area contributed by atoms with E-state index < -0.39 is 29.2 Å². The second kappa shape index (κ2) is 7.91. The minimum atomic E-state index is -1.37. The molecule has 2 aliphatic heterocycles. The number of aromatic nitrogens is 1. The number of esters is 1. The highest BCUT2D eigenvalue weighted by Crippen LogP contribution is 2.49. The Bertz CT molecular complexity index is 1550. The van der Waals surface area contributed by atoms with Gasteiger partial charge in [0.2, 0.25) is 5.91 Å². The second-order valence-corrected chi connectivity index (χ2v) is 8.92. The Hall–Kier alpha value is -4.72. The number of anilines is 1. The van der Waals surface area contributed by atoms with Crippen molar-refractivity contribution in [1.82, 2.24) is 9.88 Å². The summed E-state index contributed by atoms with van der Waals surface area (Å²) in [5, 5.41) is 3.74. The van der Waals surface area contributed by atoms with Crippen molar-refractivity contribution in [2.45, 2.75) is 17.9 Å². The normalized spacial score (nSPS) is 19.2. The van der Waals surface area contributed by atoms with Gasteiger partial charge in [-0.25, -0.2) is 4.79 Å². The van der Waals surface area contributed by atoms with Crippen LogP contribution in [0.4, 0.5) is 5.69 Å². The predicted molar refractivity (Wildman–Crippen MR) is 132 cm³/mol. The van der Waals surface area contributed by atoms with E-state index in [9.17, 15) is 19.2 Å². The molecule has 0 bridgehead atoms. The number of hydrogen-bond donors (Lipinski definition) is 2. The maximum Gasteiger partial charge on any atom is 0.329 e. The molecule has 4 aromatic rings. The van der Waals surface area contributed by atoms with E-state index in [1.807, 2.05) is 42.5 Å². The first kappa shape index (κ1) is 21.8. The van der Waals surface area contributed by atoms with E-state index >= 15 is 0 Å². The van der Waals surface area contributed by atoms with Crippen molar-refractivity contribution in [2.24, 2.45) is 0 Å². The Morgan fingerprint density at radius 2 is 1.53 bits per heavy atom. The van der Waals surface area contributed by atoms with Crippen LogP contribution in [0.2, 0.25) is 0 Å². The number of rotatable bonds is 5. The number of benzene rings is 3. The highest BCUT2D eigenvalue weighted by molar-refractivity contribution is 6.23. The van der Waals surface area contributed by atoms with E-state index in [0.717, 1.165) is 15.8 Å². The van der Waals surface area contributed by atoms with Gasteiger partial charge in [-0.2, -0.15) is 0 Å². The first-order chi connectivity index (χ1) is 17.5. The maximum atomic E-state index is 13.9. The Balaban J connectivity index is 1.56. The summed E-state index contributed by atoms with van der Waals surface area (Å²) in [5.41, 5.74) is 1.79. The lowest BCUT2D eigenvalue weighted by molar-refractivity contribution is -0.146. The topological polar surface area (TPSA) is 109 Å². The third kappa shape index (κ3) is 2.87. The molecule has 6 rings (SSSR count). The van der Waals surface area contributed by atoms with E-state index in [-0.39, 0.29) is 23.5 Å². The number of hydrogen-bond acceptors (Lipinski definition) is 5. The molecule has 0 radical (unpaired) electrons. The molecule has 2 atom stereocenters. The predicted octanol–water partition coefficient (Wildman–Crippen LogP) is 3.63. The van der Waals surface area contributed by atoms with E-state index in [4.69, 9.17) is 4.74 Å². The highest BCUT2D eigenvalue weighted by atomic mass is 16.5. The molecular formula is C28H21N3O5. The van der Waals surface area contributed by atoms with Crippen LogP contribution in [0, 0.1) is 0 Å². The van der Waals surface area contributed by atoms with Crippen LogP contribution in [-0.4, -0.2) is 46.7 Å². The molecule has 8 heteroatoms. The number of methoxy groups -OCH3 is 1. The summed E-state index contributed by atoms with van der Waals surface area (Å²) < 4.78 is 5.08. The zero-order valence-electron chi connectivity index (χ0n) is 19.3. The number of ether oxygens (including phenoxy) is 1. The fraction of sp³-hybridized carbons (Fsp3) is 0.143. The Kier molecular flexibility index (Phi) is 4.79. The molecule has 0 saturated heterocycles. The van der Waals surface area contributed by atoms with Crippen molar-refractivity contribution in [3.8, 4) is 0 Å². The SMILES string of the molecule is COC(=O)[C@H](C[C@@]1(c2c[nH]c3ccccc23)C(=O)Nc2ccccc21)N1C(=O)c2ccccc2C1=O. The molecule has 0 fully saturated rings. The molecule has 1 aromatic heterocycles. The van der Waals surface area contributed by atoms with E-state index in [2.05, 4.69) is 10.3 Å². The molecule has 0 aliphatic carbocycles. The molecular weight excluding hydrogens is 458 g/mol. The molecule has 2 N–H and O–H groups in total. The second-order valence-electron chi connectivity index (χ2n) is 8.92. The molecule has 3 amide bonds. The standard InChI is InChI=1S/C28H21N3O5/c1-36-26(34)23(31-24(32)16-8-2-3-9-17(16)25(31)33)14-28(19-11-5-7-13-22(19)30-27(28)35)20-15-29-21-12-6-4-10-18(20)21/h2-13,15,23,29H,14H2,1H3,(H,30,35)/t23-,28+/m0/s1. The van der Waals surface area contributed by atoms with Crippen molar-refractivity contribution < 1.29 is 23.9 Å². The largest absolute Gasteiger partial charge is 0.467 e. The average molecular weight is 479 g/mol. The van der Waals surface area contributed by atoms with Crippen molar-refractivity contribution in [2.75, 3.05) is 12.4 Å². The van der Waals surface area contributed by atoms with Crippen molar-refractivity contribution >= 4 is 40.3 Å². The molecule has 178 valence electrons. The molecule has 8 nitrogen and oxygen atoms in total. The van der Waals surface area contributed by atoms with Crippen LogP contribution in [-0.2, 0) is 19.7 Å². The average Bonchev–Trinajstić information content (AvgIpc) is 3.54. The number of nitrogens with one attached hydrogen (secondary N) is 2. The maximum absolute atomic E-state index is 13.9. The molecule has 0 saturated carbocycles. The zero-order chi connectivity index (χ0) is 25.0. The van der Waals surface area contributed by atoms with E-state index in [1.165, 1.54) is 7.11 Å². The van der Waals surface area contributed by atoms with Crippen molar-refractivity contribution in [3.63, 3.8) is 0 Å². The van der Waals surface area contributed by atoms with E-state index in [0.29, 0.717) is 16.8 Å². The lowest BCUT2D eigenvalue weighted by Gasteiger charge is -2.33. The number of aromatic amines is 1. The molecule has 36 heavy (non-hydrogen) atoms. The fourth-order valence-corrected chi connectivity index (χ4v) is 5.52. The smallest absolute Gasteiger partial charge is 0.329 e. The van der Waals surface area contributed by atoms with Gasteiger partial charge in [0, 0.05) is 29.2 Å². The lowest BCUT2D eigenvalue weighted by atomic mass is 9.70. The summed E-state index contributed by atoms with van der Waals surface area (Å²) >= 11 is 0. The number of amides is 3. The van der Waals surface area contributed by atoms with Gasteiger partial charge in [0.25, 0.3) is 11.8 Å². The molecule has 0 unspecified atom stereocenters. The number of carbonyl (C=O) groups is 4. The Labute approximate surface area is 205 Å². The summed E-state index contributed by atoms with van der Waals surface area (Å²) in [5.74, 6) is -2.31. The number of fused-ring (bicyclic) bond motifs is 3. The molecule has 3 aromatic carbocycles. The van der Waals surface area contributed by atoms with Gasteiger partial charge in [-0.05, 0) is 35.4 Å². The van der Waals surface area contributed by atoms with Crippen LogP contribution in [0.1, 0.15) is 38.3 Å². The minimum Gasteiger partial charge on any atom is -0.467 e. The van der Waals surface area contributed by atoms with E-state index in [1.54, 1.807) is 36.5 Å². The third-order valence-corrected chi connectivity index (χ3v) is 7.18. The molecule has 2 aliphatic rings. The molecule has 0 spiro atoms. The van der Waals surface area contributed by atoms with Crippen LogP contribution in [0.5, 0.6) is 0 Å². The van der Waals surface area contributed by atoms with Crippen LogP contribution in [0.15, 0.2) is 79.0 Å². The number of H-pyrrole nitrogens is 1. The van der Waals surface area contributed by atoms with Crippen LogP contribution in [0.3, 0.4) is 0 Å². The number of imide groups is 1. The van der Waals surface area contributed by atoms with Gasteiger partial charge in [0.1, 0.15) is 11.5 Å². The first-order valence-corrected chi connectivity index (χ1v) is 11.5. The lowest BCUT2D eigenvalue weighted by Crippen LogP contribution is -2.51. The summed E-state index contributed by atoms with van der Waals surface area (Å²) in [6, 6.07) is 19.9. The summed E-state index contributed by atoms with van der Waals surface area (Å²) in [6.07, 6.45) is 1.57. The van der Waals surface area contributed by atoms with Crippen molar-refractivity contribution in [1.29, 1.82) is 0 Å². The van der Waals surface area contributed by atoms with Gasteiger partial charge in [-0.3, -0.25) is 19.3 Å². The van der Waals surface area contributed by atoms with Gasteiger partial charge >= 0.3 is 5.97 Å². The van der Waals surface area contributed by atoms with Gasteiger partial charge in [-0.1, -0.05) is 48.5 Å². The van der Waals surface area contributed by atoms with Gasteiger partial charge in [-0.15, -0.1) is 0 Å². The van der Waals surface area contributed by atoms with Gasteiger partial charge < -0.3 is 15.0 Å². The minimum absolute atomic E-state index is 0.185. The molecule has 3 heterocycles. The zero-order valence-corrected chi connectivity index (χ0v) is 19.3.